The van der Waals surface area contributed by atoms with E-state index < -0.39 is 47.3 Å². The molecule has 1 saturated carbocycles. The lowest BCUT2D eigenvalue weighted by Crippen LogP contribution is -2.51. The van der Waals surface area contributed by atoms with Gasteiger partial charge in [0.2, 0.25) is 5.91 Å². The molecule has 188 valence electrons. The molecule has 1 unspecified atom stereocenters. The van der Waals surface area contributed by atoms with Crippen LogP contribution in [0.1, 0.15) is 46.1 Å². The number of rotatable bonds is 5. The van der Waals surface area contributed by atoms with Crippen molar-refractivity contribution in [3.63, 3.8) is 0 Å². The third kappa shape index (κ3) is 4.07. The van der Waals surface area contributed by atoms with Crippen molar-refractivity contribution in [2.24, 2.45) is 18.9 Å². The van der Waals surface area contributed by atoms with Crippen molar-refractivity contribution < 1.29 is 36.3 Å². The highest BCUT2D eigenvalue weighted by molar-refractivity contribution is 5.98. The Kier molecular flexibility index (Phi) is 5.61. The third-order valence-electron chi connectivity index (χ3n) is 7.13. The van der Waals surface area contributed by atoms with Crippen LogP contribution in [-0.2, 0) is 22.8 Å². The van der Waals surface area contributed by atoms with Crippen LogP contribution in [0.25, 0.3) is 0 Å². The molecule has 3 aliphatic rings. The van der Waals surface area contributed by atoms with Crippen LogP contribution >= 0.6 is 0 Å². The van der Waals surface area contributed by atoms with Crippen molar-refractivity contribution >= 4 is 11.8 Å². The van der Waals surface area contributed by atoms with Gasteiger partial charge in [0.1, 0.15) is 23.4 Å². The van der Waals surface area contributed by atoms with Crippen molar-refractivity contribution in [1.29, 1.82) is 0 Å². The average molecular weight is 498 g/mol. The predicted octanol–water partition coefficient (Wildman–Crippen LogP) is 3.13. The molecule has 1 N–H and O–H groups in total. The first kappa shape index (κ1) is 23.7. The third-order valence-corrected chi connectivity index (χ3v) is 7.13. The minimum absolute atomic E-state index is 0.0988. The van der Waals surface area contributed by atoms with E-state index in [1.807, 2.05) is 0 Å². The molecule has 1 aliphatic carbocycles. The quantitative estimate of drug-likeness (QED) is 0.643. The summed E-state index contributed by atoms with van der Waals surface area (Å²) in [5.41, 5.74) is -1.09. The minimum atomic E-state index is -5.06. The van der Waals surface area contributed by atoms with Crippen LogP contribution in [0, 0.1) is 30.4 Å². The van der Waals surface area contributed by atoms with E-state index in [4.69, 9.17) is 4.74 Å². The number of nitrogens with one attached hydrogen (secondary N) is 1. The predicted molar refractivity (Wildman–Crippen MR) is 111 cm³/mol. The van der Waals surface area contributed by atoms with Gasteiger partial charge in [-0.05, 0) is 43.4 Å². The SMILES string of the molecule is Cc1cnn(C)c1C(=O)N1[C@@H](C(=O)NC(c2cc(F)c(C(F)(F)F)cc2F)C2COC2)C[C@H]2C[C@H]21. The number of piperidine rings is 1. The molecule has 4 atom stereocenters. The number of ether oxygens (including phenoxy) is 1. The van der Waals surface area contributed by atoms with Gasteiger partial charge in [-0.25, -0.2) is 8.78 Å². The number of benzene rings is 1. The van der Waals surface area contributed by atoms with E-state index >= 15 is 0 Å². The molecule has 2 amide bonds. The largest absolute Gasteiger partial charge is 0.419 e. The molecule has 0 bridgehead atoms. The zero-order valence-electron chi connectivity index (χ0n) is 18.9. The lowest BCUT2D eigenvalue weighted by molar-refractivity contribution is -0.140. The van der Waals surface area contributed by atoms with Crippen LogP contribution in [0.5, 0.6) is 0 Å². The molecule has 2 aliphatic heterocycles. The molecular weight excluding hydrogens is 475 g/mol. The maximum atomic E-state index is 14.8. The first-order valence-electron chi connectivity index (χ1n) is 11.2. The summed E-state index contributed by atoms with van der Waals surface area (Å²) >= 11 is 0. The highest BCUT2D eigenvalue weighted by atomic mass is 19.4. The van der Waals surface area contributed by atoms with Gasteiger partial charge in [-0.3, -0.25) is 14.3 Å². The summed E-state index contributed by atoms with van der Waals surface area (Å²) in [4.78, 5) is 28.2. The molecule has 3 heterocycles. The number of carbonyl (C=O) groups excluding carboxylic acids is 2. The molecule has 2 saturated heterocycles. The fourth-order valence-electron chi connectivity index (χ4n) is 5.12. The van der Waals surface area contributed by atoms with E-state index in [2.05, 4.69) is 10.4 Å². The Morgan fingerprint density at radius 3 is 2.46 bits per heavy atom. The molecule has 7 nitrogen and oxygen atoms in total. The molecule has 0 spiro atoms. The minimum Gasteiger partial charge on any atom is -0.381 e. The number of amides is 2. The summed E-state index contributed by atoms with van der Waals surface area (Å²) in [6.45, 7) is 1.99. The summed E-state index contributed by atoms with van der Waals surface area (Å²) in [5, 5.41) is 6.77. The van der Waals surface area contributed by atoms with Gasteiger partial charge >= 0.3 is 6.18 Å². The van der Waals surface area contributed by atoms with E-state index in [1.54, 1.807) is 20.2 Å². The Labute approximate surface area is 197 Å². The molecule has 12 heteroatoms. The number of fused-ring (bicyclic) bond motifs is 1. The van der Waals surface area contributed by atoms with Crippen LogP contribution in [0.3, 0.4) is 0 Å². The molecule has 35 heavy (non-hydrogen) atoms. The van der Waals surface area contributed by atoms with E-state index in [9.17, 15) is 31.5 Å². The lowest BCUT2D eigenvalue weighted by atomic mass is 9.89. The van der Waals surface area contributed by atoms with E-state index in [0.717, 1.165) is 6.42 Å². The first-order chi connectivity index (χ1) is 16.5. The zero-order chi connectivity index (χ0) is 25.2. The number of halogens is 5. The first-order valence-corrected chi connectivity index (χ1v) is 11.2. The molecule has 1 aromatic heterocycles. The van der Waals surface area contributed by atoms with Crippen molar-refractivity contribution in [2.75, 3.05) is 13.2 Å². The van der Waals surface area contributed by atoms with Gasteiger partial charge in [-0.1, -0.05) is 0 Å². The maximum Gasteiger partial charge on any atom is 0.419 e. The number of hydrogen-bond acceptors (Lipinski definition) is 4. The summed E-state index contributed by atoms with van der Waals surface area (Å²) in [6.07, 6.45) is -2.32. The van der Waals surface area contributed by atoms with Gasteiger partial charge < -0.3 is 15.0 Å². The fraction of sp³-hybridized carbons (Fsp3) is 0.522. The second-order valence-electron chi connectivity index (χ2n) is 9.46. The van der Waals surface area contributed by atoms with Crippen molar-refractivity contribution in [3.8, 4) is 0 Å². The second-order valence-corrected chi connectivity index (χ2v) is 9.46. The van der Waals surface area contributed by atoms with Crippen LogP contribution < -0.4 is 5.32 Å². The monoisotopic (exact) mass is 498 g/mol. The molecule has 2 aromatic rings. The highest BCUT2D eigenvalue weighted by Gasteiger charge is 2.57. The number of nitrogens with zero attached hydrogens (tertiary/aromatic N) is 3. The van der Waals surface area contributed by atoms with Gasteiger partial charge in [0.25, 0.3) is 5.91 Å². The Morgan fingerprint density at radius 1 is 1.17 bits per heavy atom. The summed E-state index contributed by atoms with van der Waals surface area (Å²) in [6, 6.07) is -1.46. The van der Waals surface area contributed by atoms with Crippen LogP contribution in [0.2, 0.25) is 0 Å². The molecule has 5 rings (SSSR count). The van der Waals surface area contributed by atoms with Crippen LogP contribution in [0.15, 0.2) is 18.3 Å². The fourth-order valence-corrected chi connectivity index (χ4v) is 5.12. The second kappa shape index (κ2) is 8.28. The topological polar surface area (TPSA) is 76.5 Å². The Balaban J connectivity index is 1.42. The van der Waals surface area contributed by atoms with Crippen molar-refractivity contribution in [3.05, 3.63) is 52.3 Å². The Bertz CT molecular complexity index is 1170. The van der Waals surface area contributed by atoms with Gasteiger partial charge in [-0.2, -0.15) is 18.3 Å². The number of likely N-dealkylation sites (tertiary alicyclic amines) is 1. The van der Waals surface area contributed by atoms with Crippen LogP contribution in [0.4, 0.5) is 22.0 Å². The number of hydrogen-bond donors (Lipinski definition) is 1. The summed E-state index contributed by atoms with van der Waals surface area (Å²) in [7, 11) is 1.63. The Morgan fingerprint density at radius 2 is 1.89 bits per heavy atom. The maximum absolute atomic E-state index is 14.8. The summed E-state index contributed by atoms with van der Waals surface area (Å²) < 4.78 is 74.6. The highest BCUT2D eigenvalue weighted by Crippen LogP contribution is 2.49. The molecular formula is C23H23F5N4O3. The zero-order valence-corrected chi connectivity index (χ0v) is 18.9. The van der Waals surface area contributed by atoms with Gasteiger partial charge in [-0.15, -0.1) is 0 Å². The van der Waals surface area contributed by atoms with Crippen molar-refractivity contribution in [1.82, 2.24) is 20.0 Å². The number of alkyl halides is 3. The standard InChI is InChI=1S/C23H23F5N4O3/c1-10-7-29-31(2)20(10)22(34)32-17-3-11(17)4-18(32)21(33)30-19(12-8-35-9-12)13-5-16(25)14(6-15(13)24)23(26,27)28/h5-7,11-12,17-19H,3-4,8-9H2,1-2H3,(H,30,33)/t11-,17-,18-,19?/m1/s1. The summed E-state index contributed by atoms with van der Waals surface area (Å²) in [5.74, 6) is -4.11. The Hall–Kier alpha value is -3.02. The molecule has 0 radical (unpaired) electrons. The van der Waals surface area contributed by atoms with E-state index in [-0.39, 0.29) is 42.7 Å². The van der Waals surface area contributed by atoms with Gasteiger partial charge in [0.15, 0.2) is 0 Å². The smallest absolute Gasteiger partial charge is 0.381 e. The van der Waals surface area contributed by atoms with Crippen molar-refractivity contribution in [2.45, 2.75) is 44.1 Å². The number of aromatic nitrogens is 2. The molecule has 3 fully saturated rings. The van der Waals surface area contributed by atoms with E-state index in [0.29, 0.717) is 23.7 Å². The molecule has 1 aromatic carbocycles. The lowest BCUT2D eigenvalue weighted by Gasteiger charge is -2.36. The van der Waals surface area contributed by atoms with Gasteiger partial charge in [0, 0.05) is 24.6 Å². The average Bonchev–Trinajstić information content (AvgIpc) is 3.27. The normalized spacial score (nSPS) is 24.7. The number of aryl methyl sites for hydroxylation is 2. The van der Waals surface area contributed by atoms with Crippen LogP contribution in [-0.4, -0.2) is 51.8 Å². The van der Waals surface area contributed by atoms with Gasteiger partial charge in [0.05, 0.1) is 31.0 Å². The number of carbonyl (C=O) groups is 2. The van der Waals surface area contributed by atoms with E-state index in [1.165, 1.54) is 9.58 Å².